The minimum absolute atomic E-state index is 0.0541. The highest BCUT2D eigenvalue weighted by Crippen LogP contribution is 2.30. The van der Waals surface area contributed by atoms with Gasteiger partial charge in [0, 0.05) is 25.6 Å². The quantitative estimate of drug-likeness (QED) is 0.736. The zero-order chi connectivity index (χ0) is 16.6. The van der Waals surface area contributed by atoms with Crippen molar-refractivity contribution in [3.05, 3.63) is 0 Å². The Hall–Kier alpha value is -1.19. The van der Waals surface area contributed by atoms with E-state index in [9.17, 15) is 18.0 Å². The maximum Gasteiger partial charge on any atom is 0.334 e. The van der Waals surface area contributed by atoms with E-state index in [1.54, 1.807) is 4.90 Å². The second kappa shape index (κ2) is 6.37. The van der Waals surface area contributed by atoms with Gasteiger partial charge in [-0.1, -0.05) is 12.8 Å². The second-order valence-electron chi connectivity index (χ2n) is 6.45. The number of nitrogens with zero attached hydrogens (tertiary/aromatic N) is 2. The Kier molecular flexibility index (Phi) is 4.61. The van der Waals surface area contributed by atoms with Gasteiger partial charge in [0.25, 0.3) is 0 Å². The van der Waals surface area contributed by atoms with Crippen LogP contribution in [0.1, 0.15) is 25.7 Å². The number of morpholine rings is 1. The van der Waals surface area contributed by atoms with E-state index >= 15 is 0 Å². The van der Waals surface area contributed by atoms with Gasteiger partial charge < -0.3 is 14.7 Å². The number of carbonyl (C=O) groups excluding carboxylic acids is 1. The minimum Gasteiger partial charge on any atom is -0.479 e. The molecule has 3 aliphatic rings. The molecule has 0 aromatic rings. The average molecular weight is 346 g/mol. The lowest BCUT2D eigenvalue weighted by Crippen LogP contribution is -2.62. The molecule has 1 aliphatic carbocycles. The number of hydrogen-bond acceptors (Lipinski definition) is 5. The SMILES string of the molecule is O=C(O)C1CN(S(=O)(=O)C2CN(C(=O)C3CCCC3)C2)CCO1. The third-order valence-electron chi connectivity index (χ3n) is 4.95. The largest absolute Gasteiger partial charge is 0.479 e. The van der Waals surface area contributed by atoms with E-state index in [0.29, 0.717) is 0 Å². The Morgan fingerprint density at radius 2 is 1.74 bits per heavy atom. The van der Waals surface area contributed by atoms with Gasteiger partial charge in [-0.3, -0.25) is 4.79 Å². The second-order valence-corrected chi connectivity index (χ2v) is 8.66. The molecule has 1 unspecified atom stereocenters. The summed E-state index contributed by atoms with van der Waals surface area (Å²) in [5.74, 6) is -1.03. The monoisotopic (exact) mass is 346 g/mol. The van der Waals surface area contributed by atoms with Crippen LogP contribution in [0.2, 0.25) is 0 Å². The van der Waals surface area contributed by atoms with Crippen LogP contribution in [0.5, 0.6) is 0 Å². The van der Waals surface area contributed by atoms with Crippen molar-refractivity contribution in [2.75, 3.05) is 32.8 Å². The van der Waals surface area contributed by atoms with Crippen LogP contribution < -0.4 is 0 Å². The summed E-state index contributed by atoms with van der Waals surface area (Å²) in [7, 11) is -3.59. The molecule has 8 nitrogen and oxygen atoms in total. The number of ether oxygens (including phenoxy) is 1. The number of likely N-dealkylation sites (tertiary alicyclic amines) is 1. The molecule has 2 aliphatic heterocycles. The first kappa shape index (κ1) is 16.7. The van der Waals surface area contributed by atoms with Crippen molar-refractivity contribution in [1.82, 2.24) is 9.21 Å². The summed E-state index contributed by atoms with van der Waals surface area (Å²) in [4.78, 5) is 24.8. The lowest BCUT2D eigenvalue weighted by Gasteiger charge is -2.43. The fourth-order valence-corrected chi connectivity index (χ4v) is 5.28. The molecule has 0 bridgehead atoms. The highest BCUT2D eigenvalue weighted by molar-refractivity contribution is 7.89. The van der Waals surface area contributed by atoms with E-state index in [1.165, 1.54) is 4.31 Å². The molecule has 0 aromatic carbocycles. The third-order valence-corrected chi connectivity index (χ3v) is 7.14. The van der Waals surface area contributed by atoms with Crippen molar-refractivity contribution >= 4 is 21.9 Å². The van der Waals surface area contributed by atoms with Crippen LogP contribution >= 0.6 is 0 Å². The Morgan fingerprint density at radius 3 is 2.35 bits per heavy atom. The van der Waals surface area contributed by atoms with Gasteiger partial charge >= 0.3 is 5.97 Å². The highest BCUT2D eigenvalue weighted by atomic mass is 32.2. The molecule has 1 atom stereocenters. The van der Waals surface area contributed by atoms with Crippen molar-refractivity contribution in [3.63, 3.8) is 0 Å². The van der Waals surface area contributed by atoms with E-state index in [-0.39, 0.29) is 44.6 Å². The van der Waals surface area contributed by atoms with Gasteiger partial charge in [0.1, 0.15) is 5.25 Å². The Bertz CT molecular complexity index is 580. The average Bonchev–Trinajstić information content (AvgIpc) is 2.99. The predicted octanol–water partition coefficient (Wildman–Crippen LogP) is -0.497. The van der Waals surface area contributed by atoms with Crippen LogP contribution in [0.25, 0.3) is 0 Å². The summed E-state index contributed by atoms with van der Waals surface area (Å²) >= 11 is 0. The normalized spacial score (nSPS) is 27.8. The van der Waals surface area contributed by atoms with Crippen molar-refractivity contribution in [2.45, 2.75) is 37.0 Å². The zero-order valence-electron chi connectivity index (χ0n) is 12.9. The van der Waals surface area contributed by atoms with E-state index in [1.807, 2.05) is 0 Å². The van der Waals surface area contributed by atoms with E-state index in [4.69, 9.17) is 9.84 Å². The van der Waals surface area contributed by atoms with Crippen molar-refractivity contribution in [2.24, 2.45) is 5.92 Å². The maximum atomic E-state index is 12.6. The molecule has 1 amide bonds. The molecule has 3 rings (SSSR count). The van der Waals surface area contributed by atoms with Gasteiger partial charge in [-0.2, -0.15) is 4.31 Å². The third kappa shape index (κ3) is 3.22. The zero-order valence-corrected chi connectivity index (χ0v) is 13.7. The number of aliphatic carboxylic acids is 1. The molecule has 2 heterocycles. The van der Waals surface area contributed by atoms with E-state index in [2.05, 4.69) is 0 Å². The Morgan fingerprint density at radius 1 is 1.09 bits per heavy atom. The molecule has 0 aromatic heterocycles. The van der Waals surface area contributed by atoms with Crippen LogP contribution in [-0.4, -0.2) is 78.7 Å². The number of rotatable bonds is 4. The van der Waals surface area contributed by atoms with Crippen LogP contribution in [-0.2, 0) is 24.3 Å². The van der Waals surface area contributed by atoms with Crippen molar-refractivity contribution in [1.29, 1.82) is 0 Å². The lowest BCUT2D eigenvalue weighted by molar-refractivity contribution is -0.153. The number of carboxylic acid groups (broad SMARTS) is 1. The molecule has 0 spiro atoms. The lowest BCUT2D eigenvalue weighted by atomic mass is 10.0. The summed E-state index contributed by atoms with van der Waals surface area (Å²) in [6, 6.07) is 0. The van der Waals surface area contributed by atoms with Gasteiger partial charge in [-0.25, -0.2) is 13.2 Å². The molecule has 1 saturated carbocycles. The molecular formula is C14H22N2O6S. The van der Waals surface area contributed by atoms with E-state index in [0.717, 1.165) is 25.7 Å². The molecule has 2 saturated heterocycles. The van der Waals surface area contributed by atoms with Crippen LogP contribution in [0.4, 0.5) is 0 Å². The first-order chi connectivity index (χ1) is 10.9. The summed E-state index contributed by atoms with van der Waals surface area (Å²) < 4.78 is 31.4. The smallest absolute Gasteiger partial charge is 0.334 e. The number of carboxylic acids is 1. The molecule has 3 fully saturated rings. The van der Waals surface area contributed by atoms with E-state index < -0.39 is 27.3 Å². The molecule has 130 valence electrons. The van der Waals surface area contributed by atoms with Crippen LogP contribution in [0.3, 0.4) is 0 Å². The summed E-state index contributed by atoms with van der Waals surface area (Å²) in [6.07, 6.45) is 2.81. The standard InChI is InChI=1S/C14H22N2O6S/c17-13(10-3-1-2-4-10)15-7-11(8-15)23(20,21)16-5-6-22-12(9-16)14(18)19/h10-12H,1-9H2,(H,18,19). The highest BCUT2D eigenvalue weighted by Gasteiger charge is 2.45. The van der Waals surface area contributed by atoms with Gasteiger partial charge in [0.2, 0.25) is 15.9 Å². The Labute approximate surface area is 135 Å². The van der Waals surface area contributed by atoms with Crippen molar-refractivity contribution < 1.29 is 27.9 Å². The topological polar surface area (TPSA) is 104 Å². The molecule has 9 heteroatoms. The van der Waals surface area contributed by atoms with Crippen LogP contribution in [0, 0.1) is 5.92 Å². The Balaban J connectivity index is 1.57. The predicted molar refractivity (Wildman–Crippen MR) is 80.2 cm³/mol. The van der Waals surface area contributed by atoms with Crippen LogP contribution in [0.15, 0.2) is 0 Å². The fourth-order valence-electron chi connectivity index (χ4n) is 3.45. The summed E-state index contributed by atoms with van der Waals surface area (Å²) in [5, 5.41) is 8.34. The summed E-state index contributed by atoms with van der Waals surface area (Å²) in [6.45, 7) is 0.511. The van der Waals surface area contributed by atoms with Crippen molar-refractivity contribution in [3.8, 4) is 0 Å². The molecular weight excluding hydrogens is 324 g/mol. The maximum absolute atomic E-state index is 12.6. The van der Waals surface area contributed by atoms with Gasteiger partial charge in [0.15, 0.2) is 6.10 Å². The summed E-state index contributed by atoms with van der Waals surface area (Å²) in [5.41, 5.74) is 0. The first-order valence-electron chi connectivity index (χ1n) is 8.01. The minimum atomic E-state index is -3.59. The van der Waals surface area contributed by atoms with Gasteiger partial charge in [-0.05, 0) is 12.8 Å². The number of hydrogen-bond donors (Lipinski definition) is 1. The first-order valence-corrected chi connectivity index (χ1v) is 9.52. The fraction of sp³-hybridized carbons (Fsp3) is 0.857. The molecule has 1 N–H and O–H groups in total. The number of sulfonamides is 1. The van der Waals surface area contributed by atoms with Gasteiger partial charge in [-0.15, -0.1) is 0 Å². The molecule has 23 heavy (non-hydrogen) atoms. The van der Waals surface area contributed by atoms with Gasteiger partial charge in [0.05, 0.1) is 13.2 Å². The number of amides is 1. The molecule has 0 radical (unpaired) electrons. The number of carbonyl (C=O) groups is 2.